The molecule has 0 unspecified atom stereocenters. The highest BCUT2D eigenvalue weighted by Gasteiger charge is 2.35. The molecule has 2 nitrogen and oxygen atoms in total. The van der Waals surface area contributed by atoms with Crippen molar-refractivity contribution in [2.45, 2.75) is 51.1 Å². The molecule has 0 radical (unpaired) electrons. The highest BCUT2D eigenvalue weighted by Crippen LogP contribution is 2.29. The maximum atomic E-state index is 5.39. The van der Waals surface area contributed by atoms with Crippen LogP contribution in [0.2, 0.25) is 0 Å². The normalized spacial score (nSPS) is 26.2. The van der Waals surface area contributed by atoms with Gasteiger partial charge in [-0.3, -0.25) is 0 Å². The lowest BCUT2D eigenvalue weighted by atomic mass is 10.0. The Labute approximate surface area is 85.7 Å². The van der Waals surface area contributed by atoms with E-state index >= 15 is 0 Å². The van der Waals surface area contributed by atoms with Gasteiger partial charge < -0.3 is 10.2 Å². The van der Waals surface area contributed by atoms with E-state index in [1.165, 1.54) is 25.7 Å². The first-order valence-corrected chi connectivity index (χ1v) is 5.58. The molecule has 1 aliphatic carbocycles. The summed E-state index contributed by atoms with van der Waals surface area (Å²) in [6.45, 7) is 5.69. The standard InChI is InChI=1S/C10H18N2S/c1-10(2)6-3-7-12(10)9(13)11-8-4-5-8/h8H,3-7H2,1-2H3,(H,11,13). The highest BCUT2D eigenvalue weighted by atomic mass is 32.1. The maximum absolute atomic E-state index is 5.39. The van der Waals surface area contributed by atoms with Gasteiger partial charge in [0.2, 0.25) is 0 Å². The Morgan fingerprint density at radius 1 is 1.46 bits per heavy atom. The fraction of sp³-hybridized carbons (Fsp3) is 0.900. The number of hydrogen-bond donors (Lipinski definition) is 1. The van der Waals surface area contributed by atoms with Crippen molar-refractivity contribution >= 4 is 17.3 Å². The summed E-state index contributed by atoms with van der Waals surface area (Å²) in [5.74, 6) is 0. The molecule has 0 spiro atoms. The zero-order chi connectivity index (χ0) is 9.47. The lowest BCUT2D eigenvalue weighted by molar-refractivity contribution is 0.278. The smallest absolute Gasteiger partial charge is 0.169 e. The molecule has 0 aromatic rings. The summed E-state index contributed by atoms with van der Waals surface area (Å²) < 4.78 is 0. The summed E-state index contributed by atoms with van der Waals surface area (Å²) in [6.07, 6.45) is 5.14. The topological polar surface area (TPSA) is 15.3 Å². The van der Waals surface area contributed by atoms with E-state index < -0.39 is 0 Å². The van der Waals surface area contributed by atoms with Crippen LogP contribution in [0.4, 0.5) is 0 Å². The molecule has 1 aliphatic heterocycles. The molecule has 0 aromatic heterocycles. The van der Waals surface area contributed by atoms with Crippen molar-refractivity contribution in [3.05, 3.63) is 0 Å². The first-order valence-electron chi connectivity index (χ1n) is 5.18. The Morgan fingerprint density at radius 2 is 2.15 bits per heavy atom. The third kappa shape index (κ3) is 1.96. The van der Waals surface area contributed by atoms with E-state index in [1.807, 2.05) is 0 Å². The molecule has 1 heterocycles. The second kappa shape index (κ2) is 3.12. The molecule has 2 aliphatic rings. The molecule has 3 heteroatoms. The number of likely N-dealkylation sites (tertiary alicyclic amines) is 1. The molecule has 0 atom stereocenters. The van der Waals surface area contributed by atoms with Crippen molar-refractivity contribution in [2.75, 3.05) is 6.54 Å². The van der Waals surface area contributed by atoms with Crippen LogP contribution in [0.25, 0.3) is 0 Å². The van der Waals surface area contributed by atoms with Crippen LogP contribution in [0.5, 0.6) is 0 Å². The molecule has 1 N–H and O–H groups in total. The fourth-order valence-corrected chi connectivity index (χ4v) is 2.47. The molecule has 0 aromatic carbocycles. The lowest BCUT2D eigenvalue weighted by Crippen LogP contribution is -2.48. The third-order valence-corrected chi connectivity index (χ3v) is 3.39. The van der Waals surface area contributed by atoms with Crippen LogP contribution in [0.3, 0.4) is 0 Å². The molecule has 74 valence electrons. The Bertz CT molecular complexity index is 221. The zero-order valence-electron chi connectivity index (χ0n) is 8.47. The Morgan fingerprint density at radius 3 is 2.62 bits per heavy atom. The van der Waals surface area contributed by atoms with Crippen LogP contribution in [0.1, 0.15) is 39.5 Å². The van der Waals surface area contributed by atoms with Crippen molar-refractivity contribution < 1.29 is 0 Å². The minimum atomic E-state index is 0.277. The summed E-state index contributed by atoms with van der Waals surface area (Å²) >= 11 is 5.39. The van der Waals surface area contributed by atoms with Crippen LogP contribution in [0.15, 0.2) is 0 Å². The largest absolute Gasteiger partial charge is 0.360 e. The zero-order valence-corrected chi connectivity index (χ0v) is 9.28. The summed E-state index contributed by atoms with van der Waals surface area (Å²) in [4.78, 5) is 2.35. The van der Waals surface area contributed by atoms with Gasteiger partial charge in [-0.05, 0) is 51.7 Å². The summed E-state index contributed by atoms with van der Waals surface area (Å²) in [5.41, 5.74) is 0.277. The van der Waals surface area contributed by atoms with Gasteiger partial charge in [0.05, 0.1) is 0 Å². The minimum absolute atomic E-state index is 0.277. The maximum Gasteiger partial charge on any atom is 0.169 e. The van der Waals surface area contributed by atoms with Gasteiger partial charge in [-0.15, -0.1) is 0 Å². The SMILES string of the molecule is CC1(C)CCCN1C(=S)NC1CC1. The second-order valence-electron chi connectivity index (χ2n) is 4.79. The molecule has 0 amide bonds. The van der Waals surface area contributed by atoms with Crippen molar-refractivity contribution in [3.63, 3.8) is 0 Å². The van der Waals surface area contributed by atoms with Gasteiger partial charge in [-0.25, -0.2) is 0 Å². The number of thiocarbonyl (C=S) groups is 1. The minimum Gasteiger partial charge on any atom is -0.360 e. The molecule has 13 heavy (non-hydrogen) atoms. The van der Waals surface area contributed by atoms with Crippen molar-refractivity contribution in [1.82, 2.24) is 10.2 Å². The summed E-state index contributed by atoms with van der Waals surface area (Å²) in [7, 11) is 0. The lowest BCUT2D eigenvalue weighted by Gasteiger charge is -2.34. The Hall–Kier alpha value is -0.310. The number of hydrogen-bond acceptors (Lipinski definition) is 1. The van der Waals surface area contributed by atoms with Crippen LogP contribution < -0.4 is 5.32 Å². The van der Waals surface area contributed by atoms with Gasteiger partial charge in [0.1, 0.15) is 0 Å². The van der Waals surface area contributed by atoms with E-state index in [-0.39, 0.29) is 5.54 Å². The first-order chi connectivity index (χ1) is 6.09. The molecule has 2 fully saturated rings. The van der Waals surface area contributed by atoms with Crippen molar-refractivity contribution in [1.29, 1.82) is 0 Å². The van der Waals surface area contributed by atoms with E-state index in [9.17, 15) is 0 Å². The van der Waals surface area contributed by atoms with Gasteiger partial charge in [-0.1, -0.05) is 0 Å². The van der Waals surface area contributed by atoms with Crippen molar-refractivity contribution in [2.24, 2.45) is 0 Å². The van der Waals surface area contributed by atoms with Gasteiger partial charge >= 0.3 is 0 Å². The van der Waals surface area contributed by atoms with Gasteiger partial charge in [0.25, 0.3) is 0 Å². The van der Waals surface area contributed by atoms with Crippen LogP contribution >= 0.6 is 12.2 Å². The van der Waals surface area contributed by atoms with Gasteiger partial charge in [0.15, 0.2) is 5.11 Å². The average Bonchev–Trinajstić information content (AvgIpc) is 2.75. The Balaban J connectivity index is 1.94. The predicted octanol–water partition coefficient (Wildman–Crippen LogP) is 1.90. The molecule has 1 saturated heterocycles. The molecule has 0 bridgehead atoms. The first kappa shape index (κ1) is 9.25. The van der Waals surface area contributed by atoms with Crippen LogP contribution in [-0.2, 0) is 0 Å². The quantitative estimate of drug-likeness (QED) is 0.648. The molecular weight excluding hydrogens is 180 g/mol. The average molecular weight is 198 g/mol. The van der Waals surface area contributed by atoms with Crippen LogP contribution in [-0.4, -0.2) is 28.1 Å². The summed E-state index contributed by atoms with van der Waals surface area (Å²) in [6, 6.07) is 0.684. The fourth-order valence-electron chi connectivity index (χ4n) is 1.96. The van der Waals surface area contributed by atoms with E-state index in [2.05, 4.69) is 24.1 Å². The monoisotopic (exact) mass is 198 g/mol. The van der Waals surface area contributed by atoms with E-state index in [0.29, 0.717) is 6.04 Å². The van der Waals surface area contributed by atoms with Crippen molar-refractivity contribution in [3.8, 4) is 0 Å². The molecule has 2 rings (SSSR count). The van der Waals surface area contributed by atoms with E-state index in [4.69, 9.17) is 12.2 Å². The third-order valence-electron chi connectivity index (χ3n) is 3.05. The molecular formula is C10H18N2S. The second-order valence-corrected chi connectivity index (χ2v) is 5.18. The Kier molecular flexibility index (Phi) is 2.22. The molecule has 1 saturated carbocycles. The number of nitrogens with one attached hydrogen (secondary N) is 1. The number of nitrogens with zero attached hydrogens (tertiary/aromatic N) is 1. The van der Waals surface area contributed by atoms with Gasteiger partial charge in [-0.2, -0.15) is 0 Å². The summed E-state index contributed by atoms with van der Waals surface area (Å²) in [5, 5.41) is 4.39. The predicted molar refractivity (Wildman–Crippen MR) is 58.8 cm³/mol. The van der Waals surface area contributed by atoms with Gasteiger partial charge in [0, 0.05) is 18.1 Å². The number of rotatable bonds is 1. The van der Waals surface area contributed by atoms with E-state index in [1.54, 1.807) is 0 Å². The van der Waals surface area contributed by atoms with Crippen LogP contribution in [0, 0.1) is 0 Å². The van der Waals surface area contributed by atoms with E-state index in [0.717, 1.165) is 11.7 Å². The highest BCUT2D eigenvalue weighted by molar-refractivity contribution is 7.80.